The predicted octanol–water partition coefficient (Wildman–Crippen LogP) is 2.71. The summed E-state index contributed by atoms with van der Waals surface area (Å²) in [6.07, 6.45) is 4.13. The highest BCUT2D eigenvalue weighted by Crippen LogP contribution is 2.23. The SMILES string of the molecule is N=C/C=C(\N)c1cc2nc(-c3ccccc3F)[nH]c2cn1. The lowest BCUT2D eigenvalue weighted by Gasteiger charge is -1.98. The third-order valence-electron chi connectivity index (χ3n) is 3.06. The van der Waals surface area contributed by atoms with Crippen LogP contribution in [-0.4, -0.2) is 21.2 Å². The van der Waals surface area contributed by atoms with Gasteiger partial charge in [-0.1, -0.05) is 12.1 Å². The van der Waals surface area contributed by atoms with Crippen LogP contribution in [0.2, 0.25) is 0 Å². The Morgan fingerprint density at radius 3 is 2.90 bits per heavy atom. The Hall–Kier alpha value is -3.02. The molecule has 3 aromatic rings. The molecule has 21 heavy (non-hydrogen) atoms. The maximum absolute atomic E-state index is 13.8. The second-order valence-electron chi connectivity index (χ2n) is 4.44. The van der Waals surface area contributed by atoms with Crippen molar-refractivity contribution in [1.29, 1.82) is 5.41 Å². The quantitative estimate of drug-likeness (QED) is 0.644. The number of fused-ring (bicyclic) bond motifs is 1. The number of halogens is 1. The lowest BCUT2D eigenvalue weighted by molar-refractivity contribution is 0.630. The van der Waals surface area contributed by atoms with Gasteiger partial charge in [-0.25, -0.2) is 9.37 Å². The lowest BCUT2D eigenvalue weighted by Crippen LogP contribution is -1.99. The monoisotopic (exact) mass is 281 g/mol. The second kappa shape index (κ2) is 5.16. The number of allylic oxidation sites excluding steroid dienone is 1. The van der Waals surface area contributed by atoms with Crippen LogP contribution >= 0.6 is 0 Å². The Balaban J connectivity index is 2.11. The number of hydrogen-bond acceptors (Lipinski definition) is 4. The molecule has 0 saturated carbocycles. The number of aromatic amines is 1. The highest BCUT2D eigenvalue weighted by Gasteiger charge is 2.10. The molecular formula is C15H12FN5. The number of imidazole rings is 1. The van der Waals surface area contributed by atoms with E-state index >= 15 is 0 Å². The smallest absolute Gasteiger partial charge is 0.141 e. The molecule has 0 unspecified atom stereocenters. The van der Waals surface area contributed by atoms with Crippen LogP contribution in [0.25, 0.3) is 28.1 Å². The highest BCUT2D eigenvalue weighted by molar-refractivity contribution is 5.85. The van der Waals surface area contributed by atoms with Gasteiger partial charge in [0.25, 0.3) is 0 Å². The van der Waals surface area contributed by atoms with Crippen molar-refractivity contribution in [3.8, 4) is 11.4 Å². The molecule has 0 bridgehead atoms. The topological polar surface area (TPSA) is 91.4 Å². The third kappa shape index (κ3) is 2.38. The minimum Gasteiger partial charge on any atom is -0.397 e. The van der Waals surface area contributed by atoms with Gasteiger partial charge in [0.1, 0.15) is 11.6 Å². The summed E-state index contributed by atoms with van der Waals surface area (Å²) in [7, 11) is 0. The van der Waals surface area contributed by atoms with Crippen molar-refractivity contribution in [3.05, 3.63) is 54.1 Å². The van der Waals surface area contributed by atoms with Crippen LogP contribution in [0.5, 0.6) is 0 Å². The van der Waals surface area contributed by atoms with Crippen LogP contribution < -0.4 is 5.73 Å². The van der Waals surface area contributed by atoms with E-state index in [2.05, 4.69) is 15.0 Å². The summed E-state index contributed by atoms with van der Waals surface area (Å²) in [6.45, 7) is 0. The van der Waals surface area contributed by atoms with Gasteiger partial charge in [0.2, 0.25) is 0 Å². The molecule has 2 heterocycles. The average molecular weight is 281 g/mol. The molecule has 6 heteroatoms. The molecule has 0 radical (unpaired) electrons. The van der Waals surface area contributed by atoms with Crippen molar-refractivity contribution >= 4 is 22.9 Å². The van der Waals surface area contributed by atoms with E-state index in [1.165, 1.54) is 12.1 Å². The molecule has 0 fully saturated rings. The molecule has 1 aromatic carbocycles. The molecule has 0 aliphatic rings. The molecular weight excluding hydrogens is 269 g/mol. The maximum atomic E-state index is 13.8. The standard InChI is InChI=1S/C15H12FN5/c16-10-4-2-1-3-9(10)15-20-13-7-12(11(18)5-6-17)19-8-14(13)21-15/h1-8,17H,18H2,(H,20,21)/b11-5-,17-6?. The van der Waals surface area contributed by atoms with Crippen molar-refractivity contribution in [2.75, 3.05) is 0 Å². The fourth-order valence-electron chi connectivity index (χ4n) is 2.02. The molecule has 0 spiro atoms. The van der Waals surface area contributed by atoms with E-state index in [-0.39, 0.29) is 5.82 Å². The van der Waals surface area contributed by atoms with E-state index in [1.807, 2.05) is 0 Å². The number of rotatable bonds is 3. The van der Waals surface area contributed by atoms with Crippen molar-refractivity contribution in [3.63, 3.8) is 0 Å². The normalized spacial score (nSPS) is 11.8. The maximum Gasteiger partial charge on any atom is 0.141 e. The lowest BCUT2D eigenvalue weighted by atomic mass is 10.2. The van der Waals surface area contributed by atoms with Crippen molar-refractivity contribution in [2.24, 2.45) is 5.73 Å². The van der Waals surface area contributed by atoms with Crippen LogP contribution in [-0.2, 0) is 0 Å². The van der Waals surface area contributed by atoms with Gasteiger partial charge < -0.3 is 16.1 Å². The van der Waals surface area contributed by atoms with Gasteiger partial charge >= 0.3 is 0 Å². The van der Waals surface area contributed by atoms with E-state index in [1.54, 1.807) is 30.5 Å². The number of nitrogens with zero attached hydrogens (tertiary/aromatic N) is 2. The van der Waals surface area contributed by atoms with E-state index in [0.29, 0.717) is 33.8 Å². The summed E-state index contributed by atoms with van der Waals surface area (Å²) in [6, 6.07) is 8.12. The Morgan fingerprint density at radius 1 is 1.33 bits per heavy atom. The number of nitrogens with one attached hydrogen (secondary N) is 2. The second-order valence-corrected chi connectivity index (χ2v) is 4.44. The molecule has 0 aliphatic carbocycles. The molecule has 3 rings (SSSR count). The van der Waals surface area contributed by atoms with Crippen molar-refractivity contribution in [1.82, 2.24) is 15.0 Å². The minimum absolute atomic E-state index is 0.340. The van der Waals surface area contributed by atoms with Gasteiger partial charge in [0.05, 0.1) is 34.2 Å². The molecule has 104 valence electrons. The van der Waals surface area contributed by atoms with Crippen LogP contribution in [0.1, 0.15) is 5.69 Å². The molecule has 0 aliphatic heterocycles. The first-order valence-corrected chi connectivity index (χ1v) is 6.26. The fraction of sp³-hybridized carbons (Fsp3) is 0. The van der Waals surface area contributed by atoms with Gasteiger partial charge in [-0.05, 0) is 24.3 Å². The summed E-state index contributed by atoms with van der Waals surface area (Å²) in [5.74, 6) is 0.101. The summed E-state index contributed by atoms with van der Waals surface area (Å²) in [5, 5.41) is 7.01. The van der Waals surface area contributed by atoms with Gasteiger partial charge in [-0.15, -0.1) is 0 Å². The first-order chi connectivity index (χ1) is 10.2. The molecule has 4 N–H and O–H groups in total. The summed E-state index contributed by atoms with van der Waals surface area (Å²) in [4.78, 5) is 11.6. The van der Waals surface area contributed by atoms with Gasteiger partial charge in [0, 0.05) is 6.21 Å². The number of aromatic nitrogens is 3. The Kier molecular flexibility index (Phi) is 3.19. The van der Waals surface area contributed by atoms with E-state index in [0.717, 1.165) is 6.21 Å². The van der Waals surface area contributed by atoms with Crippen molar-refractivity contribution < 1.29 is 4.39 Å². The highest BCUT2D eigenvalue weighted by atomic mass is 19.1. The molecule has 0 saturated heterocycles. The van der Waals surface area contributed by atoms with Crippen molar-refractivity contribution in [2.45, 2.75) is 0 Å². The minimum atomic E-state index is -0.340. The molecule has 0 atom stereocenters. The number of hydrogen-bond donors (Lipinski definition) is 3. The van der Waals surface area contributed by atoms with E-state index in [4.69, 9.17) is 11.1 Å². The van der Waals surface area contributed by atoms with Crippen LogP contribution in [0.3, 0.4) is 0 Å². The van der Waals surface area contributed by atoms with Crippen LogP contribution in [0.4, 0.5) is 4.39 Å². The molecule has 0 amide bonds. The van der Waals surface area contributed by atoms with Gasteiger partial charge in [0.15, 0.2) is 0 Å². The summed E-state index contributed by atoms with van der Waals surface area (Å²) in [5.41, 5.74) is 8.42. The molecule has 5 nitrogen and oxygen atoms in total. The summed E-state index contributed by atoms with van der Waals surface area (Å²) >= 11 is 0. The number of benzene rings is 1. The predicted molar refractivity (Wildman–Crippen MR) is 80.2 cm³/mol. The van der Waals surface area contributed by atoms with E-state index < -0.39 is 0 Å². The Bertz CT molecular complexity index is 850. The first-order valence-electron chi connectivity index (χ1n) is 6.26. The first kappa shape index (κ1) is 13.0. The fourth-order valence-corrected chi connectivity index (χ4v) is 2.02. The van der Waals surface area contributed by atoms with Gasteiger partial charge in [-0.3, -0.25) is 4.98 Å². The third-order valence-corrected chi connectivity index (χ3v) is 3.06. The van der Waals surface area contributed by atoms with Crippen LogP contribution in [0, 0.1) is 11.2 Å². The zero-order valence-corrected chi connectivity index (χ0v) is 11.0. The number of H-pyrrole nitrogens is 1. The van der Waals surface area contributed by atoms with Crippen LogP contribution in [0.15, 0.2) is 42.6 Å². The number of nitrogens with two attached hydrogens (primary N) is 1. The zero-order valence-electron chi connectivity index (χ0n) is 11.0. The Labute approximate surface area is 119 Å². The largest absolute Gasteiger partial charge is 0.397 e. The zero-order chi connectivity index (χ0) is 14.8. The van der Waals surface area contributed by atoms with Gasteiger partial charge in [-0.2, -0.15) is 0 Å². The summed E-state index contributed by atoms with van der Waals surface area (Å²) < 4.78 is 13.8. The average Bonchev–Trinajstić information content (AvgIpc) is 2.90. The molecule has 2 aromatic heterocycles. The Morgan fingerprint density at radius 2 is 2.14 bits per heavy atom. The number of pyridine rings is 1. The van der Waals surface area contributed by atoms with E-state index in [9.17, 15) is 4.39 Å².